The zero-order valence-electron chi connectivity index (χ0n) is 10.3. The molecule has 1 aliphatic carbocycles. The molecule has 0 spiro atoms. The van der Waals surface area contributed by atoms with E-state index in [0.717, 1.165) is 17.5 Å². The molecule has 1 heterocycles. The number of fused-ring (bicyclic) bond motifs is 1. The molecule has 2 unspecified atom stereocenters. The van der Waals surface area contributed by atoms with Crippen molar-refractivity contribution in [2.45, 2.75) is 12.2 Å². The minimum atomic E-state index is -3.10. The Hall–Kier alpha value is -0.520. The highest BCUT2D eigenvalue weighted by atomic mass is 35.5. The summed E-state index contributed by atoms with van der Waals surface area (Å²) in [6.07, 6.45) is 4.70. The Morgan fingerprint density at radius 1 is 1.42 bits per heavy atom. The van der Waals surface area contributed by atoms with E-state index in [-0.39, 0.29) is 18.2 Å². The summed E-state index contributed by atoms with van der Waals surface area (Å²) in [4.78, 5) is 1.71. The van der Waals surface area contributed by atoms with E-state index in [2.05, 4.69) is 0 Å². The Kier molecular flexibility index (Phi) is 4.28. The Morgan fingerprint density at radius 2 is 2.11 bits per heavy atom. The van der Waals surface area contributed by atoms with Crippen LogP contribution in [0.5, 0.6) is 0 Å². The molecule has 0 bridgehead atoms. The Bertz CT molecular complexity index is 568. The van der Waals surface area contributed by atoms with Gasteiger partial charge >= 0.3 is 0 Å². The normalized spacial score (nSPS) is 26.7. The predicted octanol–water partition coefficient (Wildman–Crippen LogP) is 2.24. The van der Waals surface area contributed by atoms with Crippen molar-refractivity contribution < 1.29 is 12.8 Å². The molecule has 0 aromatic rings. The maximum Gasteiger partial charge on any atom is 0.149 e. The molecule has 7 heteroatoms. The van der Waals surface area contributed by atoms with Crippen LogP contribution in [0.25, 0.3) is 0 Å². The van der Waals surface area contributed by atoms with Gasteiger partial charge < -0.3 is 4.90 Å². The van der Waals surface area contributed by atoms with Gasteiger partial charge in [0, 0.05) is 23.5 Å². The van der Waals surface area contributed by atoms with Crippen LogP contribution in [0.4, 0.5) is 4.39 Å². The van der Waals surface area contributed by atoms with Crippen LogP contribution in [0.3, 0.4) is 0 Å². The van der Waals surface area contributed by atoms with Gasteiger partial charge in [-0.1, -0.05) is 11.6 Å². The van der Waals surface area contributed by atoms with Crippen LogP contribution in [0, 0.1) is 0 Å². The molecule has 2 rings (SSSR count). The van der Waals surface area contributed by atoms with Gasteiger partial charge in [-0.2, -0.15) is 0 Å². The van der Waals surface area contributed by atoms with Crippen molar-refractivity contribution in [2.24, 2.45) is 0 Å². The third kappa shape index (κ3) is 3.33. The minimum absolute atomic E-state index is 0.0326. The van der Waals surface area contributed by atoms with Gasteiger partial charge in [0.05, 0.1) is 17.7 Å². The van der Waals surface area contributed by atoms with Crippen LogP contribution < -0.4 is 0 Å². The maximum atomic E-state index is 14.1. The van der Waals surface area contributed by atoms with E-state index >= 15 is 0 Å². The lowest BCUT2D eigenvalue weighted by Crippen LogP contribution is -2.41. The quantitative estimate of drug-likeness (QED) is 0.744. The fourth-order valence-corrected chi connectivity index (χ4v) is 3.32. The fourth-order valence-electron chi connectivity index (χ4n) is 2.31. The van der Waals surface area contributed by atoms with E-state index in [1.54, 1.807) is 17.1 Å². The Balaban J connectivity index is 2.24. The summed E-state index contributed by atoms with van der Waals surface area (Å²) in [5.74, 6) is 0.178. The smallest absolute Gasteiger partial charge is 0.149 e. The van der Waals surface area contributed by atoms with Crippen molar-refractivity contribution in [3.63, 3.8) is 0 Å². The molecule has 0 radical (unpaired) electrons. The number of nitrogens with zero attached hydrogens (tertiary/aromatic N) is 1. The number of alkyl halides is 2. The highest BCUT2D eigenvalue weighted by Crippen LogP contribution is 2.36. The summed E-state index contributed by atoms with van der Waals surface area (Å²) >= 11 is 11.7. The standard InChI is InChI=1S/C12H14Cl2FNO2S/c1-19(17,18)3-2-16-10(7-13)5-8-4-9(14)6-11(15)12(8)16/h4-6,11-12H,2-3,7H2,1H3. The number of rotatable bonds is 4. The van der Waals surface area contributed by atoms with E-state index in [9.17, 15) is 12.8 Å². The number of allylic oxidation sites excluding steroid dienone is 3. The van der Waals surface area contributed by atoms with E-state index in [4.69, 9.17) is 23.2 Å². The van der Waals surface area contributed by atoms with Gasteiger partial charge in [-0.05, 0) is 23.8 Å². The Morgan fingerprint density at radius 3 is 2.68 bits per heavy atom. The summed E-state index contributed by atoms with van der Waals surface area (Å²) in [5.41, 5.74) is 1.47. The lowest BCUT2D eigenvalue weighted by molar-refractivity contribution is 0.218. The van der Waals surface area contributed by atoms with Crippen molar-refractivity contribution in [3.8, 4) is 0 Å². The summed E-state index contributed by atoms with van der Waals surface area (Å²) in [6, 6.07) is -0.516. The van der Waals surface area contributed by atoms with Crippen LogP contribution in [0.2, 0.25) is 0 Å². The molecule has 0 amide bonds. The number of hydrogen-bond donors (Lipinski definition) is 0. The molecule has 2 atom stereocenters. The lowest BCUT2D eigenvalue weighted by atomic mass is 9.99. The second-order valence-electron chi connectivity index (χ2n) is 4.68. The molecular weight excluding hydrogens is 312 g/mol. The summed E-state index contributed by atoms with van der Waals surface area (Å²) < 4.78 is 36.6. The molecule has 0 saturated carbocycles. The zero-order valence-corrected chi connectivity index (χ0v) is 12.6. The minimum Gasteiger partial charge on any atom is -0.362 e. The molecule has 0 aromatic heterocycles. The predicted molar refractivity (Wildman–Crippen MR) is 75.9 cm³/mol. The van der Waals surface area contributed by atoms with Crippen molar-refractivity contribution in [1.82, 2.24) is 4.90 Å². The van der Waals surface area contributed by atoms with E-state index in [0.29, 0.717) is 5.03 Å². The highest BCUT2D eigenvalue weighted by molar-refractivity contribution is 7.90. The van der Waals surface area contributed by atoms with Gasteiger partial charge in [0.25, 0.3) is 0 Å². The summed E-state index contributed by atoms with van der Waals surface area (Å²) in [5, 5.41) is 0.355. The third-order valence-corrected chi connectivity index (χ3v) is 4.58. The molecule has 1 aliphatic heterocycles. The van der Waals surface area contributed by atoms with Gasteiger partial charge in [0.15, 0.2) is 0 Å². The molecule has 0 saturated heterocycles. The van der Waals surface area contributed by atoms with Gasteiger partial charge in [-0.25, -0.2) is 12.8 Å². The van der Waals surface area contributed by atoms with Gasteiger partial charge in [0.1, 0.15) is 16.0 Å². The molecule has 0 N–H and O–H groups in total. The average Bonchev–Trinajstić information content (AvgIpc) is 2.63. The molecule has 3 nitrogen and oxygen atoms in total. The average molecular weight is 326 g/mol. The summed E-state index contributed by atoms with van der Waals surface area (Å²) in [6.45, 7) is 0.227. The van der Waals surface area contributed by atoms with E-state index < -0.39 is 22.1 Å². The van der Waals surface area contributed by atoms with Crippen molar-refractivity contribution in [1.29, 1.82) is 0 Å². The van der Waals surface area contributed by atoms with Gasteiger partial charge in [-0.15, -0.1) is 11.6 Å². The molecular formula is C12H14Cl2FNO2S. The van der Waals surface area contributed by atoms with Crippen molar-refractivity contribution in [2.75, 3.05) is 24.4 Å². The van der Waals surface area contributed by atoms with Crippen LogP contribution >= 0.6 is 23.2 Å². The van der Waals surface area contributed by atoms with E-state index in [1.807, 2.05) is 0 Å². The van der Waals surface area contributed by atoms with Gasteiger partial charge in [-0.3, -0.25) is 0 Å². The molecule has 0 fully saturated rings. The van der Waals surface area contributed by atoms with E-state index in [1.165, 1.54) is 6.08 Å². The highest BCUT2D eigenvalue weighted by Gasteiger charge is 2.37. The summed E-state index contributed by atoms with van der Waals surface area (Å²) in [7, 11) is -3.10. The van der Waals surface area contributed by atoms with Crippen molar-refractivity contribution >= 4 is 33.0 Å². The first kappa shape index (κ1) is 14.9. The second-order valence-corrected chi connectivity index (χ2v) is 7.64. The number of hydrogen-bond acceptors (Lipinski definition) is 3. The second kappa shape index (κ2) is 5.46. The van der Waals surface area contributed by atoms with Crippen LogP contribution in [0.1, 0.15) is 0 Å². The van der Waals surface area contributed by atoms with Crippen molar-refractivity contribution in [3.05, 3.63) is 34.5 Å². The largest absolute Gasteiger partial charge is 0.362 e. The number of sulfone groups is 1. The Labute approximate surface area is 122 Å². The molecule has 2 aliphatic rings. The van der Waals surface area contributed by atoms with Crippen LogP contribution in [-0.2, 0) is 9.84 Å². The SMILES string of the molecule is CS(=O)(=O)CCN1C(CCl)=CC2=CC(Cl)=CC(F)C21. The lowest BCUT2D eigenvalue weighted by Gasteiger charge is -2.32. The van der Waals surface area contributed by atoms with Crippen LogP contribution in [-0.4, -0.2) is 50.0 Å². The zero-order chi connectivity index (χ0) is 14.2. The first-order valence-electron chi connectivity index (χ1n) is 5.76. The maximum absolute atomic E-state index is 14.1. The van der Waals surface area contributed by atoms with Crippen LogP contribution in [0.15, 0.2) is 34.5 Å². The molecule has 106 valence electrons. The molecule has 0 aromatic carbocycles. The first-order chi connectivity index (χ1) is 8.81. The topological polar surface area (TPSA) is 37.4 Å². The fraction of sp³-hybridized carbons (Fsp3) is 0.500. The number of halogens is 3. The van der Waals surface area contributed by atoms with Gasteiger partial charge in [0.2, 0.25) is 0 Å². The molecule has 19 heavy (non-hydrogen) atoms. The third-order valence-electron chi connectivity index (χ3n) is 3.14. The monoisotopic (exact) mass is 325 g/mol. The first-order valence-corrected chi connectivity index (χ1v) is 8.73.